The third kappa shape index (κ3) is 4.23. The molecular formula is C14H24N4O2. The molecule has 1 aliphatic heterocycles. The molecule has 0 bridgehead atoms. The van der Waals surface area contributed by atoms with E-state index in [0.717, 1.165) is 44.7 Å². The van der Waals surface area contributed by atoms with E-state index < -0.39 is 0 Å². The van der Waals surface area contributed by atoms with E-state index in [1.807, 2.05) is 31.3 Å². The highest BCUT2D eigenvalue weighted by molar-refractivity contribution is 5.74. The average molecular weight is 280 g/mol. The fourth-order valence-corrected chi connectivity index (χ4v) is 2.42. The smallest absolute Gasteiger partial charge is 0.317 e. The van der Waals surface area contributed by atoms with Gasteiger partial charge in [0.1, 0.15) is 0 Å². The number of urea groups is 1. The van der Waals surface area contributed by atoms with E-state index in [4.69, 9.17) is 4.74 Å². The van der Waals surface area contributed by atoms with Crippen LogP contribution in [0.1, 0.15) is 18.9 Å². The number of carbonyl (C=O) groups is 1. The van der Waals surface area contributed by atoms with E-state index in [-0.39, 0.29) is 6.03 Å². The Bertz CT molecular complexity index is 427. The van der Waals surface area contributed by atoms with Gasteiger partial charge in [0.05, 0.1) is 12.8 Å². The maximum atomic E-state index is 12.1. The Morgan fingerprint density at radius 2 is 2.50 bits per heavy atom. The van der Waals surface area contributed by atoms with Gasteiger partial charge in [0.25, 0.3) is 0 Å². The molecule has 0 aliphatic carbocycles. The summed E-state index contributed by atoms with van der Waals surface area (Å²) in [6, 6.07) is 0.0169. The van der Waals surface area contributed by atoms with Gasteiger partial charge in [-0.3, -0.25) is 4.68 Å². The van der Waals surface area contributed by atoms with Crippen LogP contribution >= 0.6 is 0 Å². The molecule has 2 rings (SSSR count). The van der Waals surface area contributed by atoms with Gasteiger partial charge < -0.3 is 15.0 Å². The largest absolute Gasteiger partial charge is 0.381 e. The molecule has 6 heteroatoms. The SMILES string of the molecule is CCN(C[C@@H]1CCOC1)C(=O)NCCc1cnn(C)c1. The molecule has 20 heavy (non-hydrogen) atoms. The number of nitrogens with zero attached hydrogens (tertiary/aromatic N) is 3. The molecule has 2 amide bonds. The van der Waals surface area contributed by atoms with Gasteiger partial charge in [-0.15, -0.1) is 0 Å². The zero-order valence-electron chi connectivity index (χ0n) is 12.3. The molecule has 6 nitrogen and oxygen atoms in total. The molecule has 0 spiro atoms. The average Bonchev–Trinajstić information content (AvgIpc) is 3.07. The molecule has 112 valence electrons. The summed E-state index contributed by atoms with van der Waals surface area (Å²) in [4.78, 5) is 14.0. The number of nitrogens with one attached hydrogen (secondary N) is 1. The summed E-state index contributed by atoms with van der Waals surface area (Å²) in [5.41, 5.74) is 1.14. The van der Waals surface area contributed by atoms with Gasteiger partial charge in [-0.2, -0.15) is 5.10 Å². The first kappa shape index (κ1) is 14.8. The second-order valence-electron chi connectivity index (χ2n) is 5.27. The van der Waals surface area contributed by atoms with Crippen molar-refractivity contribution in [3.05, 3.63) is 18.0 Å². The van der Waals surface area contributed by atoms with Crippen LogP contribution in [0, 0.1) is 5.92 Å². The van der Waals surface area contributed by atoms with Crippen LogP contribution in [0.2, 0.25) is 0 Å². The van der Waals surface area contributed by atoms with Gasteiger partial charge in [0.2, 0.25) is 0 Å². The normalized spacial score (nSPS) is 18.2. The van der Waals surface area contributed by atoms with Crippen molar-refractivity contribution in [3.63, 3.8) is 0 Å². The third-order valence-corrected chi connectivity index (χ3v) is 3.62. The van der Waals surface area contributed by atoms with E-state index >= 15 is 0 Å². The first-order chi connectivity index (χ1) is 9.69. The van der Waals surface area contributed by atoms with Gasteiger partial charge in [-0.05, 0) is 25.3 Å². The van der Waals surface area contributed by atoms with Gasteiger partial charge in [0, 0.05) is 45.4 Å². The van der Waals surface area contributed by atoms with Crippen molar-refractivity contribution < 1.29 is 9.53 Å². The highest BCUT2D eigenvalue weighted by atomic mass is 16.5. The standard InChI is InChI=1S/C14H24N4O2/c1-3-18(10-13-5-7-20-11-13)14(19)15-6-4-12-8-16-17(2)9-12/h8-9,13H,3-7,10-11H2,1-2H3,(H,15,19)/t13-/m0/s1. The highest BCUT2D eigenvalue weighted by Gasteiger charge is 2.21. The molecule has 2 heterocycles. The molecule has 1 aromatic heterocycles. The number of aryl methyl sites for hydroxylation is 1. The number of carbonyl (C=O) groups excluding carboxylic acids is 1. The Balaban J connectivity index is 1.71. The van der Waals surface area contributed by atoms with Crippen molar-refractivity contribution in [1.29, 1.82) is 0 Å². The molecule has 1 N–H and O–H groups in total. The number of hydrogen-bond donors (Lipinski definition) is 1. The van der Waals surface area contributed by atoms with E-state index in [1.165, 1.54) is 0 Å². The lowest BCUT2D eigenvalue weighted by molar-refractivity contribution is 0.166. The van der Waals surface area contributed by atoms with E-state index in [1.54, 1.807) is 4.68 Å². The first-order valence-electron chi connectivity index (χ1n) is 7.27. The summed E-state index contributed by atoms with van der Waals surface area (Å²) < 4.78 is 7.13. The summed E-state index contributed by atoms with van der Waals surface area (Å²) in [6.07, 6.45) is 5.67. The van der Waals surface area contributed by atoms with Gasteiger partial charge in [0.15, 0.2) is 0 Å². The number of ether oxygens (including phenoxy) is 1. The molecule has 0 saturated carbocycles. The van der Waals surface area contributed by atoms with Gasteiger partial charge in [-0.1, -0.05) is 0 Å². The van der Waals surface area contributed by atoms with Crippen molar-refractivity contribution >= 4 is 6.03 Å². The van der Waals surface area contributed by atoms with Crippen molar-refractivity contribution in [2.45, 2.75) is 19.8 Å². The lowest BCUT2D eigenvalue weighted by Crippen LogP contribution is -2.43. The monoisotopic (exact) mass is 280 g/mol. The number of aromatic nitrogens is 2. The molecule has 0 radical (unpaired) electrons. The maximum absolute atomic E-state index is 12.1. The fraction of sp³-hybridized carbons (Fsp3) is 0.714. The van der Waals surface area contributed by atoms with Crippen LogP contribution in [-0.2, 0) is 18.2 Å². The van der Waals surface area contributed by atoms with Crippen LogP contribution in [-0.4, -0.2) is 53.6 Å². The van der Waals surface area contributed by atoms with Crippen molar-refractivity contribution in [1.82, 2.24) is 20.0 Å². The van der Waals surface area contributed by atoms with E-state index in [9.17, 15) is 4.79 Å². The van der Waals surface area contributed by atoms with Crippen LogP contribution in [0.4, 0.5) is 4.79 Å². The third-order valence-electron chi connectivity index (χ3n) is 3.62. The molecule has 0 aromatic carbocycles. The maximum Gasteiger partial charge on any atom is 0.317 e. The van der Waals surface area contributed by atoms with Crippen LogP contribution < -0.4 is 5.32 Å². The minimum atomic E-state index is 0.0169. The summed E-state index contributed by atoms with van der Waals surface area (Å²) in [7, 11) is 1.89. The molecule has 1 atom stereocenters. The van der Waals surface area contributed by atoms with Gasteiger partial charge in [-0.25, -0.2) is 4.79 Å². The molecule has 1 aliphatic rings. The Morgan fingerprint density at radius 3 is 3.10 bits per heavy atom. The second-order valence-corrected chi connectivity index (χ2v) is 5.27. The van der Waals surface area contributed by atoms with Crippen LogP contribution in [0.5, 0.6) is 0 Å². The lowest BCUT2D eigenvalue weighted by atomic mass is 10.1. The molecular weight excluding hydrogens is 256 g/mol. The summed E-state index contributed by atoms with van der Waals surface area (Å²) in [5.74, 6) is 0.485. The minimum absolute atomic E-state index is 0.0169. The second kappa shape index (κ2) is 7.28. The quantitative estimate of drug-likeness (QED) is 0.846. The van der Waals surface area contributed by atoms with E-state index in [0.29, 0.717) is 12.5 Å². The predicted molar refractivity (Wildman–Crippen MR) is 76.5 cm³/mol. The predicted octanol–water partition coefficient (Wildman–Crippen LogP) is 1.03. The summed E-state index contributed by atoms with van der Waals surface area (Å²) in [6.45, 7) is 5.77. The number of amides is 2. The van der Waals surface area contributed by atoms with Crippen LogP contribution in [0.3, 0.4) is 0 Å². The van der Waals surface area contributed by atoms with Crippen molar-refractivity contribution in [3.8, 4) is 0 Å². The fourth-order valence-electron chi connectivity index (χ4n) is 2.42. The Kier molecular flexibility index (Phi) is 5.40. The van der Waals surface area contributed by atoms with Crippen LogP contribution in [0.15, 0.2) is 12.4 Å². The zero-order valence-corrected chi connectivity index (χ0v) is 12.3. The van der Waals surface area contributed by atoms with Crippen LogP contribution in [0.25, 0.3) is 0 Å². The minimum Gasteiger partial charge on any atom is -0.381 e. The molecule has 0 unspecified atom stereocenters. The number of hydrogen-bond acceptors (Lipinski definition) is 3. The molecule has 1 fully saturated rings. The summed E-state index contributed by atoms with van der Waals surface area (Å²) >= 11 is 0. The van der Waals surface area contributed by atoms with Gasteiger partial charge >= 0.3 is 6.03 Å². The highest BCUT2D eigenvalue weighted by Crippen LogP contribution is 2.13. The van der Waals surface area contributed by atoms with Crippen molar-refractivity contribution in [2.24, 2.45) is 13.0 Å². The Hall–Kier alpha value is -1.56. The Morgan fingerprint density at radius 1 is 1.65 bits per heavy atom. The summed E-state index contributed by atoms with van der Waals surface area (Å²) in [5, 5.41) is 7.09. The Labute approximate surface area is 120 Å². The van der Waals surface area contributed by atoms with E-state index in [2.05, 4.69) is 10.4 Å². The zero-order chi connectivity index (χ0) is 14.4. The first-order valence-corrected chi connectivity index (χ1v) is 7.27. The molecule has 1 saturated heterocycles. The topological polar surface area (TPSA) is 59.4 Å². The number of rotatable bonds is 6. The molecule has 1 aromatic rings. The lowest BCUT2D eigenvalue weighted by Gasteiger charge is -2.24. The van der Waals surface area contributed by atoms with Crippen molar-refractivity contribution in [2.75, 3.05) is 32.8 Å².